The van der Waals surface area contributed by atoms with Crippen LogP contribution in [-0.4, -0.2) is 17.6 Å². The molecule has 1 heterocycles. The fourth-order valence-electron chi connectivity index (χ4n) is 2.26. The number of carbonyl (C=O) groups is 1. The molecule has 0 fully saturated rings. The summed E-state index contributed by atoms with van der Waals surface area (Å²) in [5, 5.41) is 0. The maximum atomic E-state index is 11.7. The number of para-hydroxylation sites is 2. The van der Waals surface area contributed by atoms with Crippen molar-refractivity contribution in [1.82, 2.24) is 9.99 Å². The number of hydrazine groups is 1. The summed E-state index contributed by atoms with van der Waals surface area (Å²) in [5.74, 6) is 5.65. The number of rotatable bonds is 3. The third-order valence-electron chi connectivity index (χ3n) is 3.13. The first-order valence-corrected chi connectivity index (χ1v) is 5.93. The van der Waals surface area contributed by atoms with Crippen LogP contribution in [0.5, 0.6) is 5.75 Å². The maximum Gasteiger partial charge on any atom is 0.267 e. The van der Waals surface area contributed by atoms with Crippen LogP contribution in [0, 0.1) is 13.8 Å². The summed E-state index contributed by atoms with van der Waals surface area (Å²) in [4.78, 5) is 11.7. The average Bonchev–Trinajstić information content (AvgIpc) is 2.73. The Kier molecular flexibility index (Phi) is 3.57. The lowest BCUT2D eigenvalue weighted by molar-refractivity contribution is 0.0953. The number of aryl methyl sites for hydroxylation is 1. The van der Waals surface area contributed by atoms with Crippen LogP contribution in [0.2, 0.25) is 0 Å². The van der Waals surface area contributed by atoms with Gasteiger partial charge in [-0.25, -0.2) is 5.84 Å². The molecule has 0 aliphatic carbocycles. The summed E-state index contributed by atoms with van der Waals surface area (Å²) < 4.78 is 7.34. The second-order valence-electron chi connectivity index (χ2n) is 4.27. The molecule has 2 aromatic rings. The molecule has 1 amide bonds. The minimum atomic E-state index is -0.297. The highest BCUT2D eigenvalue weighted by atomic mass is 16.5. The van der Waals surface area contributed by atoms with E-state index in [-0.39, 0.29) is 5.91 Å². The molecule has 3 N–H and O–H groups in total. The standard InChI is InChI=1S/C14H17N3O2/c1-9-8-11(14(18)16-15)10(2)17(9)12-6-4-5-7-13(12)19-3/h4-8H,15H2,1-3H3,(H,16,18). The largest absolute Gasteiger partial charge is 0.495 e. The second-order valence-corrected chi connectivity index (χ2v) is 4.27. The van der Waals surface area contributed by atoms with Crippen molar-refractivity contribution in [2.75, 3.05) is 7.11 Å². The lowest BCUT2D eigenvalue weighted by Crippen LogP contribution is -2.30. The predicted molar refractivity (Wildman–Crippen MR) is 73.4 cm³/mol. The first-order valence-electron chi connectivity index (χ1n) is 5.93. The minimum Gasteiger partial charge on any atom is -0.495 e. The van der Waals surface area contributed by atoms with Crippen LogP contribution in [0.3, 0.4) is 0 Å². The van der Waals surface area contributed by atoms with E-state index in [2.05, 4.69) is 5.43 Å². The molecule has 0 saturated heterocycles. The van der Waals surface area contributed by atoms with Crippen molar-refractivity contribution in [1.29, 1.82) is 0 Å². The van der Waals surface area contributed by atoms with Crippen molar-refractivity contribution in [3.63, 3.8) is 0 Å². The SMILES string of the molecule is COc1ccccc1-n1c(C)cc(C(=O)NN)c1C. The third kappa shape index (κ3) is 2.20. The Hall–Kier alpha value is -2.27. The quantitative estimate of drug-likeness (QED) is 0.501. The molecule has 1 aromatic heterocycles. The van der Waals surface area contributed by atoms with E-state index < -0.39 is 0 Å². The van der Waals surface area contributed by atoms with Gasteiger partial charge in [-0.1, -0.05) is 12.1 Å². The van der Waals surface area contributed by atoms with Crippen molar-refractivity contribution >= 4 is 5.91 Å². The van der Waals surface area contributed by atoms with Gasteiger partial charge in [0.25, 0.3) is 5.91 Å². The Balaban J connectivity index is 2.63. The molecule has 19 heavy (non-hydrogen) atoms. The highest BCUT2D eigenvalue weighted by Gasteiger charge is 2.17. The summed E-state index contributed by atoms with van der Waals surface area (Å²) in [7, 11) is 1.63. The van der Waals surface area contributed by atoms with Crippen molar-refractivity contribution in [3.05, 3.63) is 47.3 Å². The summed E-state index contributed by atoms with van der Waals surface area (Å²) in [6, 6.07) is 9.48. The van der Waals surface area contributed by atoms with Gasteiger partial charge in [0.2, 0.25) is 0 Å². The van der Waals surface area contributed by atoms with E-state index in [0.717, 1.165) is 22.8 Å². The topological polar surface area (TPSA) is 69.3 Å². The van der Waals surface area contributed by atoms with E-state index in [1.165, 1.54) is 0 Å². The van der Waals surface area contributed by atoms with E-state index in [4.69, 9.17) is 10.6 Å². The zero-order valence-electron chi connectivity index (χ0n) is 11.2. The van der Waals surface area contributed by atoms with Crippen molar-refractivity contribution < 1.29 is 9.53 Å². The first kappa shape index (κ1) is 13.2. The third-order valence-corrected chi connectivity index (χ3v) is 3.13. The maximum absolute atomic E-state index is 11.7. The average molecular weight is 259 g/mol. The number of benzene rings is 1. The van der Waals surface area contributed by atoms with Crippen LogP contribution in [0.15, 0.2) is 30.3 Å². The fraction of sp³-hybridized carbons (Fsp3) is 0.214. The number of ether oxygens (including phenoxy) is 1. The summed E-state index contributed by atoms with van der Waals surface area (Å²) >= 11 is 0. The van der Waals surface area contributed by atoms with Gasteiger partial charge in [-0.05, 0) is 32.0 Å². The van der Waals surface area contributed by atoms with Crippen LogP contribution in [0.1, 0.15) is 21.7 Å². The Labute approximate surface area is 112 Å². The molecular formula is C14H17N3O2. The highest BCUT2D eigenvalue weighted by molar-refractivity contribution is 5.95. The van der Waals surface area contributed by atoms with Gasteiger partial charge in [0.1, 0.15) is 5.75 Å². The number of nitrogens with one attached hydrogen (secondary N) is 1. The Morgan fingerprint density at radius 3 is 2.63 bits per heavy atom. The molecule has 100 valence electrons. The first-order chi connectivity index (χ1) is 9.10. The van der Waals surface area contributed by atoms with Gasteiger partial charge >= 0.3 is 0 Å². The predicted octanol–water partition coefficient (Wildman–Crippen LogP) is 1.71. The summed E-state index contributed by atoms with van der Waals surface area (Å²) in [6.45, 7) is 3.82. The number of aromatic nitrogens is 1. The van der Waals surface area contributed by atoms with Crippen LogP contribution >= 0.6 is 0 Å². The van der Waals surface area contributed by atoms with Gasteiger partial charge in [-0.15, -0.1) is 0 Å². The number of amides is 1. The normalized spacial score (nSPS) is 10.3. The lowest BCUT2D eigenvalue weighted by atomic mass is 10.2. The van der Waals surface area contributed by atoms with Gasteiger partial charge in [-0.3, -0.25) is 10.2 Å². The van der Waals surface area contributed by atoms with Crippen molar-refractivity contribution in [3.8, 4) is 11.4 Å². The zero-order valence-corrected chi connectivity index (χ0v) is 11.2. The van der Waals surface area contributed by atoms with E-state index >= 15 is 0 Å². The molecule has 1 aromatic carbocycles. The lowest BCUT2D eigenvalue weighted by Gasteiger charge is -2.13. The van der Waals surface area contributed by atoms with Gasteiger partial charge < -0.3 is 9.30 Å². The number of carbonyl (C=O) groups excluding carboxylic acids is 1. The monoisotopic (exact) mass is 259 g/mol. The molecule has 0 bridgehead atoms. The Morgan fingerprint density at radius 2 is 2.00 bits per heavy atom. The molecule has 0 atom stereocenters. The van der Waals surface area contributed by atoms with Gasteiger partial charge in [0.15, 0.2) is 0 Å². The van der Waals surface area contributed by atoms with E-state index in [1.54, 1.807) is 7.11 Å². The molecule has 0 aliphatic heterocycles. The summed E-state index contributed by atoms with van der Waals surface area (Å²) in [6.07, 6.45) is 0. The molecule has 2 rings (SSSR count). The van der Waals surface area contributed by atoms with E-state index in [1.807, 2.05) is 48.7 Å². The molecule has 0 spiro atoms. The fourth-order valence-corrected chi connectivity index (χ4v) is 2.26. The number of hydrogen-bond acceptors (Lipinski definition) is 3. The molecular weight excluding hydrogens is 242 g/mol. The second kappa shape index (κ2) is 5.16. The summed E-state index contributed by atoms with van der Waals surface area (Å²) in [5.41, 5.74) is 5.39. The molecule has 0 unspecified atom stereocenters. The molecule has 0 radical (unpaired) electrons. The van der Waals surface area contributed by atoms with Crippen LogP contribution in [0.4, 0.5) is 0 Å². The number of methoxy groups -OCH3 is 1. The Bertz CT molecular complexity index is 617. The molecule has 5 nitrogen and oxygen atoms in total. The van der Waals surface area contributed by atoms with Gasteiger partial charge in [-0.2, -0.15) is 0 Å². The van der Waals surface area contributed by atoms with Crippen molar-refractivity contribution in [2.24, 2.45) is 5.84 Å². The molecule has 0 saturated carbocycles. The molecule has 5 heteroatoms. The number of nitrogens with two attached hydrogens (primary N) is 1. The number of hydrogen-bond donors (Lipinski definition) is 2. The van der Waals surface area contributed by atoms with Crippen LogP contribution in [0.25, 0.3) is 5.69 Å². The van der Waals surface area contributed by atoms with Crippen LogP contribution in [-0.2, 0) is 0 Å². The van der Waals surface area contributed by atoms with Crippen molar-refractivity contribution in [2.45, 2.75) is 13.8 Å². The van der Waals surface area contributed by atoms with E-state index in [0.29, 0.717) is 5.56 Å². The minimum absolute atomic E-state index is 0.297. The number of nitrogen functional groups attached to an aromatic ring is 1. The van der Waals surface area contributed by atoms with E-state index in [9.17, 15) is 4.79 Å². The Morgan fingerprint density at radius 1 is 1.32 bits per heavy atom. The van der Waals surface area contributed by atoms with Gasteiger partial charge in [0.05, 0.1) is 18.4 Å². The highest BCUT2D eigenvalue weighted by Crippen LogP contribution is 2.27. The molecule has 0 aliphatic rings. The van der Waals surface area contributed by atoms with Gasteiger partial charge in [0, 0.05) is 11.4 Å². The smallest absolute Gasteiger partial charge is 0.267 e. The number of nitrogens with zero attached hydrogens (tertiary/aromatic N) is 1. The zero-order chi connectivity index (χ0) is 14.0. The van der Waals surface area contributed by atoms with Crippen LogP contribution < -0.4 is 16.0 Å².